The number of hydrogen-bond acceptors (Lipinski definition) is 5. The summed E-state index contributed by atoms with van der Waals surface area (Å²) >= 11 is 6.06. The molecule has 27 heavy (non-hydrogen) atoms. The molecule has 2 aromatic heterocycles. The first-order valence-corrected chi connectivity index (χ1v) is 8.80. The van der Waals surface area contributed by atoms with Crippen molar-refractivity contribution in [3.05, 3.63) is 35.9 Å². The van der Waals surface area contributed by atoms with Gasteiger partial charge in [-0.25, -0.2) is 4.98 Å². The molecule has 1 saturated carbocycles. The second-order valence-electron chi connectivity index (χ2n) is 6.27. The quantitative estimate of drug-likeness (QED) is 0.610. The molecular formula is C17H15ClF3N5O. The van der Waals surface area contributed by atoms with Crippen LogP contribution in [0.2, 0.25) is 5.28 Å². The van der Waals surface area contributed by atoms with Crippen molar-refractivity contribution in [1.82, 2.24) is 19.5 Å². The van der Waals surface area contributed by atoms with Crippen molar-refractivity contribution in [3.8, 4) is 5.75 Å². The van der Waals surface area contributed by atoms with E-state index in [9.17, 15) is 13.2 Å². The van der Waals surface area contributed by atoms with E-state index in [-0.39, 0.29) is 28.6 Å². The Morgan fingerprint density at radius 1 is 1.15 bits per heavy atom. The monoisotopic (exact) mass is 397 g/mol. The topological polar surface area (TPSA) is 64.9 Å². The first-order valence-electron chi connectivity index (χ1n) is 8.42. The maximum absolute atomic E-state index is 12.6. The Bertz CT molecular complexity index is 969. The van der Waals surface area contributed by atoms with Gasteiger partial charge in [0.2, 0.25) is 5.28 Å². The van der Waals surface area contributed by atoms with Gasteiger partial charge in [-0.15, -0.1) is 13.2 Å². The molecule has 2 heterocycles. The van der Waals surface area contributed by atoms with Gasteiger partial charge in [0.1, 0.15) is 0 Å². The van der Waals surface area contributed by atoms with Crippen molar-refractivity contribution < 1.29 is 17.9 Å². The lowest BCUT2D eigenvalue weighted by molar-refractivity contribution is -0.274. The third-order valence-electron chi connectivity index (χ3n) is 4.48. The molecule has 1 fully saturated rings. The molecule has 1 aromatic carbocycles. The van der Waals surface area contributed by atoms with Crippen LogP contribution in [0.25, 0.3) is 11.2 Å². The number of imidazole rings is 1. The lowest BCUT2D eigenvalue weighted by atomic mass is 10.2. The molecule has 0 aliphatic heterocycles. The molecule has 0 unspecified atom stereocenters. The van der Waals surface area contributed by atoms with Crippen LogP contribution < -0.4 is 10.1 Å². The summed E-state index contributed by atoms with van der Waals surface area (Å²) in [4.78, 5) is 12.7. The van der Waals surface area contributed by atoms with E-state index in [0.29, 0.717) is 11.2 Å². The predicted molar refractivity (Wildman–Crippen MR) is 94.2 cm³/mol. The van der Waals surface area contributed by atoms with Crippen LogP contribution in [-0.4, -0.2) is 25.9 Å². The van der Waals surface area contributed by atoms with Crippen LogP contribution in [0.15, 0.2) is 30.6 Å². The van der Waals surface area contributed by atoms with Gasteiger partial charge in [-0.2, -0.15) is 9.97 Å². The van der Waals surface area contributed by atoms with E-state index >= 15 is 0 Å². The van der Waals surface area contributed by atoms with E-state index in [4.69, 9.17) is 11.6 Å². The molecule has 6 nitrogen and oxygen atoms in total. The number of ether oxygens (including phenoxy) is 1. The highest BCUT2D eigenvalue weighted by atomic mass is 35.5. The summed E-state index contributed by atoms with van der Waals surface area (Å²) in [5.41, 5.74) is 1.09. The summed E-state index contributed by atoms with van der Waals surface area (Å²) in [7, 11) is 0. The molecule has 0 saturated heterocycles. The Morgan fingerprint density at radius 2 is 1.89 bits per heavy atom. The molecule has 3 aromatic rings. The minimum Gasteiger partial charge on any atom is -0.404 e. The van der Waals surface area contributed by atoms with Crippen molar-refractivity contribution in [3.63, 3.8) is 0 Å². The molecule has 1 aliphatic rings. The normalized spacial score (nSPS) is 15.4. The van der Waals surface area contributed by atoms with Crippen molar-refractivity contribution in [2.45, 2.75) is 38.1 Å². The minimum atomic E-state index is -4.81. The SMILES string of the molecule is FC(F)(F)Oc1ccccc1Nc1nc(Cl)nc2c1ncn2C1CCCC1. The fourth-order valence-corrected chi connectivity index (χ4v) is 3.50. The highest BCUT2D eigenvalue weighted by Gasteiger charge is 2.32. The average molecular weight is 398 g/mol. The second kappa shape index (κ2) is 6.88. The Morgan fingerprint density at radius 3 is 2.63 bits per heavy atom. The van der Waals surface area contributed by atoms with Gasteiger partial charge in [0.15, 0.2) is 22.7 Å². The van der Waals surface area contributed by atoms with Crippen LogP contribution in [0, 0.1) is 0 Å². The van der Waals surface area contributed by atoms with Crippen LogP contribution >= 0.6 is 11.6 Å². The van der Waals surface area contributed by atoms with Gasteiger partial charge in [0.05, 0.1) is 12.0 Å². The second-order valence-corrected chi connectivity index (χ2v) is 6.61. The van der Waals surface area contributed by atoms with E-state index in [0.717, 1.165) is 25.7 Å². The number of anilines is 2. The van der Waals surface area contributed by atoms with Crippen molar-refractivity contribution in [2.24, 2.45) is 0 Å². The van der Waals surface area contributed by atoms with E-state index in [1.165, 1.54) is 18.2 Å². The first-order chi connectivity index (χ1) is 12.9. The molecule has 0 amide bonds. The lowest BCUT2D eigenvalue weighted by Crippen LogP contribution is -2.18. The van der Waals surface area contributed by atoms with Gasteiger partial charge in [0, 0.05) is 6.04 Å². The Kier molecular flexibility index (Phi) is 4.55. The molecule has 1 aliphatic carbocycles. The fraction of sp³-hybridized carbons (Fsp3) is 0.353. The lowest BCUT2D eigenvalue weighted by Gasteiger charge is -2.15. The Labute approximate surface area is 157 Å². The number of nitrogens with zero attached hydrogens (tertiary/aromatic N) is 4. The number of hydrogen-bond donors (Lipinski definition) is 1. The van der Waals surface area contributed by atoms with E-state index in [1.807, 2.05) is 4.57 Å². The fourth-order valence-electron chi connectivity index (χ4n) is 3.34. The molecule has 4 rings (SSSR count). The van der Waals surface area contributed by atoms with Gasteiger partial charge in [-0.1, -0.05) is 25.0 Å². The predicted octanol–water partition coefficient (Wildman–Crippen LogP) is 5.24. The van der Waals surface area contributed by atoms with Gasteiger partial charge in [-0.3, -0.25) is 0 Å². The summed E-state index contributed by atoms with van der Waals surface area (Å²) in [5, 5.41) is 2.83. The zero-order valence-electron chi connectivity index (χ0n) is 14.0. The van der Waals surface area contributed by atoms with Crippen LogP contribution in [0.3, 0.4) is 0 Å². The van der Waals surface area contributed by atoms with Crippen LogP contribution in [-0.2, 0) is 0 Å². The largest absolute Gasteiger partial charge is 0.573 e. The molecule has 0 radical (unpaired) electrons. The number of nitrogens with one attached hydrogen (secondary N) is 1. The van der Waals surface area contributed by atoms with Gasteiger partial charge in [0.25, 0.3) is 0 Å². The molecule has 142 valence electrons. The maximum atomic E-state index is 12.6. The molecule has 0 atom stereocenters. The van der Waals surface area contributed by atoms with Crippen molar-refractivity contribution >= 4 is 34.3 Å². The highest BCUT2D eigenvalue weighted by molar-refractivity contribution is 6.28. The van der Waals surface area contributed by atoms with Crippen molar-refractivity contribution in [2.75, 3.05) is 5.32 Å². The standard InChI is InChI=1S/C17H15ClF3N5O/c18-16-24-14(23-11-7-3-4-8-12(11)27-17(19,20)21)13-15(25-16)26(9-22-13)10-5-1-2-6-10/h3-4,7-10H,1-2,5-6H2,(H,23,24,25). The summed E-state index contributed by atoms with van der Waals surface area (Å²) in [6.07, 6.45) is 1.19. The first kappa shape index (κ1) is 17.8. The Hall–Kier alpha value is -2.55. The van der Waals surface area contributed by atoms with Crippen LogP contribution in [0.5, 0.6) is 5.75 Å². The molecule has 0 bridgehead atoms. The average Bonchev–Trinajstić information content (AvgIpc) is 3.24. The summed E-state index contributed by atoms with van der Waals surface area (Å²) < 4.78 is 43.9. The number of halogens is 4. The molecule has 10 heteroatoms. The molecule has 0 spiro atoms. The number of rotatable bonds is 4. The van der Waals surface area contributed by atoms with Crippen LogP contribution in [0.4, 0.5) is 24.7 Å². The number of alkyl halides is 3. The Balaban J connectivity index is 1.73. The highest BCUT2D eigenvalue weighted by Crippen LogP contribution is 2.35. The summed E-state index contributed by atoms with van der Waals surface area (Å²) in [5.74, 6) is -0.150. The van der Waals surface area contributed by atoms with Gasteiger partial charge in [-0.05, 0) is 36.6 Å². The van der Waals surface area contributed by atoms with E-state index in [1.54, 1.807) is 12.4 Å². The number of para-hydroxylation sites is 2. The number of benzene rings is 1. The zero-order valence-corrected chi connectivity index (χ0v) is 14.8. The molecular weight excluding hydrogens is 383 g/mol. The van der Waals surface area contributed by atoms with Gasteiger partial charge >= 0.3 is 6.36 Å². The van der Waals surface area contributed by atoms with Gasteiger partial charge < -0.3 is 14.6 Å². The summed E-state index contributed by atoms with van der Waals surface area (Å²) in [6.45, 7) is 0. The number of fused-ring (bicyclic) bond motifs is 1. The van der Waals surface area contributed by atoms with E-state index in [2.05, 4.69) is 25.0 Å². The van der Waals surface area contributed by atoms with Crippen LogP contribution in [0.1, 0.15) is 31.7 Å². The number of aromatic nitrogens is 4. The summed E-state index contributed by atoms with van der Waals surface area (Å²) in [6, 6.07) is 5.99. The smallest absolute Gasteiger partial charge is 0.404 e. The molecule has 1 N–H and O–H groups in total. The van der Waals surface area contributed by atoms with E-state index < -0.39 is 6.36 Å². The maximum Gasteiger partial charge on any atom is 0.573 e. The minimum absolute atomic E-state index is 0.0148. The third-order valence-corrected chi connectivity index (χ3v) is 4.65. The van der Waals surface area contributed by atoms with Crippen molar-refractivity contribution in [1.29, 1.82) is 0 Å². The third kappa shape index (κ3) is 3.78. The zero-order chi connectivity index (χ0) is 19.0.